The van der Waals surface area contributed by atoms with E-state index in [0.717, 1.165) is 4.90 Å². The third kappa shape index (κ3) is 6.69. The highest BCUT2D eigenvalue weighted by Gasteiger charge is 2.37. The first-order chi connectivity index (χ1) is 13.0. The average Bonchev–Trinajstić information content (AvgIpc) is 2.64. The van der Waals surface area contributed by atoms with Crippen molar-refractivity contribution in [3.8, 4) is 0 Å². The van der Waals surface area contributed by atoms with Gasteiger partial charge in [-0.05, 0) is 42.0 Å². The summed E-state index contributed by atoms with van der Waals surface area (Å²) < 4.78 is 30.4. The van der Waals surface area contributed by atoms with Gasteiger partial charge in [-0.1, -0.05) is 58.5 Å². The predicted molar refractivity (Wildman–Crippen MR) is 114 cm³/mol. The molecule has 0 saturated carbocycles. The van der Waals surface area contributed by atoms with Crippen LogP contribution in [0, 0.1) is 0 Å². The van der Waals surface area contributed by atoms with E-state index < -0.39 is 19.9 Å². The number of ether oxygens (including phenoxy) is 1. The molecule has 0 aliphatic carbocycles. The van der Waals surface area contributed by atoms with E-state index in [0.29, 0.717) is 10.6 Å². The normalized spacial score (nSPS) is 13.2. The molecule has 0 saturated heterocycles. The summed E-state index contributed by atoms with van der Waals surface area (Å²) in [6, 6.07) is 11.1. The van der Waals surface area contributed by atoms with Crippen LogP contribution >= 0.6 is 58.2 Å². The molecular formula is C17H15Cl4NO4S2. The highest BCUT2D eigenvalue weighted by molar-refractivity contribution is 8.00. The number of alkyl halides is 3. The number of hydrogen-bond acceptors (Lipinski definition) is 5. The summed E-state index contributed by atoms with van der Waals surface area (Å²) in [7, 11) is -2.66. The number of sulfonamides is 1. The van der Waals surface area contributed by atoms with Crippen LogP contribution in [0.25, 0.3) is 0 Å². The van der Waals surface area contributed by atoms with Gasteiger partial charge in [0.1, 0.15) is 0 Å². The Hall–Kier alpha value is -0.670. The third-order valence-electron chi connectivity index (χ3n) is 3.52. The van der Waals surface area contributed by atoms with Crippen LogP contribution in [0.1, 0.15) is 11.6 Å². The van der Waals surface area contributed by atoms with Gasteiger partial charge >= 0.3 is 5.97 Å². The van der Waals surface area contributed by atoms with Gasteiger partial charge in [-0.2, -0.15) is 4.72 Å². The quantitative estimate of drug-likeness (QED) is 0.328. The molecule has 0 amide bonds. The minimum atomic E-state index is -3.97. The van der Waals surface area contributed by atoms with Crippen molar-refractivity contribution < 1.29 is 17.9 Å². The first-order valence-corrected chi connectivity index (χ1v) is 11.6. The second kappa shape index (κ2) is 9.89. The minimum Gasteiger partial charge on any atom is -0.468 e. The zero-order valence-corrected chi connectivity index (χ0v) is 19.0. The van der Waals surface area contributed by atoms with Crippen molar-refractivity contribution in [3.63, 3.8) is 0 Å². The van der Waals surface area contributed by atoms with Crippen molar-refractivity contribution in [2.45, 2.75) is 19.6 Å². The molecule has 0 unspecified atom stereocenters. The Labute approximate surface area is 187 Å². The molecule has 0 aromatic heterocycles. The SMILES string of the molecule is COC(=O)CSc1ccc([C@@H](NS(=O)(=O)c2ccc(Cl)cc2)C(Cl)(Cl)Cl)cc1. The monoisotopic (exact) mass is 501 g/mol. The lowest BCUT2D eigenvalue weighted by atomic mass is 10.1. The predicted octanol–water partition coefficient (Wildman–Crippen LogP) is 4.99. The van der Waals surface area contributed by atoms with Gasteiger partial charge in [-0.3, -0.25) is 4.79 Å². The highest BCUT2D eigenvalue weighted by Crippen LogP contribution is 2.41. The van der Waals surface area contributed by atoms with Crippen LogP contribution in [0.15, 0.2) is 58.3 Å². The zero-order valence-electron chi connectivity index (χ0n) is 14.4. The van der Waals surface area contributed by atoms with Gasteiger partial charge in [0.15, 0.2) is 0 Å². The van der Waals surface area contributed by atoms with E-state index in [2.05, 4.69) is 9.46 Å². The summed E-state index contributed by atoms with van der Waals surface area (Å²) in [5, 5.41) is 0.400. The number of carbonyl (C=O) groups is 1. The molecule has 0 aliphatic rings. The van der Waals surface area contributed by atoms with Crippen LogP contribution < -0.4 is 4.72 Å². The van der Waals surface area contributed by atoms with Gasteiger partial charge in [-0.15, -0.1) is 11.8 Å². The van der Waals surface area contributed by atoms with Crippen molar-refractivity contribution in [2.24, 2.45) is 0 Å². The Morgan fingerprint density at radius 1 is 1.11 bits per heavy atom. The topological polar surface area (TPSA) is 72.5 Å². The molecule has 28 heavy (non-hydrogen) atoms. The summed E-state index contributed by atoms with van der Waals surface area (Å²) in [6.45, 7) is 0. The molecule has 0 spiro atoms. The number of hydrogen-bond donors (Lipinski definition) is 1. The van der Waals surface area contributed by atoms with Crippen molar-refractivity contribution in [3.05, 3.63) is 59.1 Å². The van der Waals surface area contributed by atoms with E-state index in [4.69, 9.17) is 46.4 Å². The molecule has 0 aliphatic heterocycles. The number of esters is 1. The van der Waals surface area contributed by atoms with Gasteiger partial charge in [-0.25, -0.2) is 8.42 Å². The average molecular weight is 503 g/mol. The molecule has 2 aromatic carbocycles. The molecule has 152 valence electrons. The largest absolute Gasteiger partial charge is 0.468 e. The first kappa shape index (κ1) is 23.6. The standard InChI is InChI=1S/C17H15Cl4NO4S2/c1-26-15(23)10-27-13-6-2-11(3-7-13)16(17(19,20)21)22-28(24,25)14-8-4-12(18)5-9-14/h2-9,16,22H,10H2,1H3/t16-/m1/s1. The minimum absolute atomic E-state index is 0.0126. The van der Waals surface area contributed by atoms with E-state index in [1.54, 1.807) is 24.3 Å². The maximum absolute atomic E-state index is 12.7. The Balaban J connectivity index is 2.24. The Morgan fingerprint density at radius 2 is 1.68 bits per heavy atom. The van der Waals surface area contributed by atoms with E-state index in [-0.39, 0.29) is 16.6 Å². The van der Waals surface area contributed by atoms with E-state index >= 15 is 0 Å². The first-order valence-electron chi connectivity index (χ1n) is 7.67. The molecule has 1 N–H and O–H groups in total. The fourth-order valence-electron chi connectivity index (χ4n) is 2.12. The van der Waals surface area contributed by atoms with Gasteiger partial charge in [0.25, 0.3) is 0 Å². The summed E-state index contributed by atoms with van der Waals surface area (Å²) in [6.07, 6.45) is 0. The van der Waals surface area contributed by atoms with Gasteiger partial charge in [0.05, 0.1) is 23.8 Å². The maximum Gasteiger partial charge on any atom is 0.315 e. The number of thioether (sulfide) groups is 1. The van der Waals surface area contributed by atoms with E-state index in [9.17, 15) is 13.2 Å². The molecule has 1 atom stereocenters. The number of nitrogens with one attached hydrogen (secondary N) is 1. The summed E-state index contributed by atoms with van der Waals surface area (Å²) in [5.74, 6) is -0.212. The molecule has 0 bridgehead atoms. The van der Waals surface area contributed by atoms with Gasteiger partial charge in [0.2, 0.25) is 13.8 Å². The fourth-order valence-corrected chi connectivity index (χ4v) is 4.96. The van der Waals surface area contributed by atoms with Crippen LogP contribution in [0.3, 0.4) is 0 Å². The van der Waals surface area contributed by atoms with Crippen molar-refractivity contribution >= 4 is 74.2 Å². The molecule has 0 radical (unpaired) electrons. The van der Waals surface area contributed by atoms with Crippen LogP contribution in [-0.4, -0.2) is 31.0 Å². The smallest absolute Gasteiger partial charge is 0.315 e. The molecule has 2 aromatic rings. The molecule has 0 fully saturated rings. The zero-order chi connectivity index (χ0) is 20.9. The van der Waals surface area contributed by atoms with Crippen LogP contribution in [0.5, 0.6) is 0 Å². The van der Waals surface area contributed by atoms with Crippen LogP contribution in [-0.2, 0) is 19.6 Å². The summed E-state index contributed by atoms with van der Waals surface area (Å²) in [4.78, 5) is 12.0. The van der Waals surface area contributed by atoms with E-state index in [1.807, 2.05) is 0 Å². The number of methoxy groups -OCH3 is 1. The molecule has 5 nitrogen and oxygen atoms in total. The second-order valence-electron chi connectivity index (χ2n) is 5.48. The summed E-state index contributed by atoms with van der Waals surface area (Å²) >= 11 is 25.2. The van der Waals surface area contributed by atoms with Gasteiger partial charge in [0, 0.05) is 9.92 Å². The van der Waals surface area contributed by atoms with Crippen molar-refractivity contribution in [1.29, 1.82) is 0 Å². The van der Waals surface area contributed by atoms with Crippen molar-refractivity contribution in [2.75, 3.05) is 12.9 Å². The molecular weight excluding hydrogens is 488 g/mol. The highest BCUT2D eigenvalue weighted by atomic mass is 35.6. The lowest BCUT2D eigenvalue weighted by Crippen LogP contribution is -2.36. The molecule has 2 rings (SSSR count). The lowest BCUT2D eigenvalue weighted by Gasteiger charge is -2.26. The maximum atomic E-state index is 12.7. The number of benzene rings is 2. The second-order valence-corrected chi connectivity index (χ2v) is 11.1. The Kier molecular flexibility index (Phi) is 8.34. The summed E-state index contributed by atoms with van der Waals surface area (Å²) in [5.41, 5.74) is 0.444. The fraction of sp³-hybridized carbons (Fsp3) is 0.235. The van der Waals surface area contributed by atoms with E-state index in [1.165, 1.54) is 43.1 Å². The van der Waals surface area contributed by atoms with Crippen molar-refractivity contribution in [1.82, 2.24) is 4.72 Å². The van der Waals surface area contributed by atoms with Crippen LogP contribution in [0.4, 0.5) is 0 Å². The van der Waals surface area contributed by atoms with Gasteiger partial charge < -0.3 is 4.74 Å². The number of carbonyl (C=O) groups excluding carboxylic acids is 1. The third-order valence-corrected chi connectivity index (χ3v) is 6.85. The Morgan fingerprint density at radius 3 is 2.18 bits per heavy atom. The molecule has 0 heterocycles. The Bertz CT molecular complexity index is 914. The number of rotatable bonds is 7. The number of halogens is 4. The lowest BCUT2D eigenvalue weighted by molar-refractivity contribution is -0.137. The molecule has 11 heteroatoms. The van der Waals surface area contributed by atoms with Crippen LogP contribution in [0.2, 0.25) is 5.02 Å².